The van der Waals surface area contributed by atoms with Crippen LogP contribution in [-0.2, 0) is 6.18 Å². The molecule has 0 spiro atoms. The lowest BCUT2D eigenvalue weighted by Crippen LogP contribution is -2.06. The number of anilines is 3. The predicted molar refractivity (Wildman–Crippen MR) is 87.1 cm³/mol. The van der Waals surface area contributed by atoms with Crippen molar-refractivity contribution in [1.82, 2.24) is 15.2 Å². The van der Waals surface area contributed by atoms with E-state index < -0.39 is 11.7 Å². The molecular formula is C16H12F3N5O2. The first kappa shape index (κ1) is 16.1. The molecule has 4 N–H and O–H groups in total. The minimum atomic E-state index is -4.46. The van der Waals surface area contributed by atoms with Crippen LogP contribution in [0.1, 0.15) is 5.56 Å². The molecule has 2 heterocycles. The minimum absolute atomic E-state index is 0.0504. The molecule has 7 nitrogen and oxygen atoms in total. The first-order valence-electron chi connectivity index (χ1n) is 7.46. The van der Waals surface area contributed by atoms with E-state index in [1.54, 1.807) is 18.2 Å². The van der Waals surface area contributed by atoms with Crippen molar-refractivity contribution < 1.29 is 22.6 Å². The fraction of sp³-hybridized carbons (Fsp3) is 0.125. The Morgan fingerprint density at radius 1 is 1.08 bits per heavy atom. The topological polar surface area (TPSA) is 98.1 Å². The van der Waals surface area contributed by atoms with Crippen LogP contribution in [0.15, 0.2) is 36.4 Å². The normalized spacial score (nSPS) is 13.0. The van der Waals surface area contributed by atoms with E-state index in [9.17, 15) is 13.2 Å². The van der Waals surface area contributed by atoms with Crippen molar-refractivity contribution in [3.8, 4) is 22.9 Å². The third-order valence-corrected chi connectivity index (χ3v) is 3.75. The SMILES string of the molecule is Nc1cc(C(F)(F)F)ccc1-c1nc(Nc2ccc3c(c2)OCO3)n[nH]1. The van der Waals surface area contributed by atoms with E-state index in [-0.39, 0.29) is 24.3 Å². The Hall–Kier alpha value is -3.43. The van der Waals surface area contributed by atoms with E-state index in [4.69, 9.17) is 15.2 Å². The van der Waals surface area contributed by atoms with Crippen LogP contribution in [0.2, 0.25) is 0 Å². The third kappa shape index (κ3) is 2.96. The molecule has 0 radical (unpaired) electrons. The largest absolute Gasteiger partial charge is 0.454 e. The summed E-state index contributed by atoms with van der Waals surface area (Å²) in [5, 5.41) is 9.62. The van der Waals surface area contributed by atoms with Gasteiger partial charge in [-0.25, -0.2) is 0 Å². The second-order valence-electron chi connectivity index (χ2n) is 5.50. The van der Waals surface area contributed by atoms with Gasteiger partial charge in [-0.15, -0.1) is 5.10 Å². The lowest BCUT2D eigenvalue weighted by atomic mass is 10.1. The van der Waals surface area contributed by atoms with E-state index in [0.717, 1.165) is 12.1 Å². The van der Waals surface area contributed by atoms with Crippen molar-refractivity contribution in [3.05, 3.63) is 42.0 Å². The predicted octanol–water partition coefficient (Wildman–Crippen LogP) is 3.55. The van der Waals surface area contributed by atoms with Crippen LogP contribution in [0.5, 0.6) is 11.5 Å². The smallest absolute Gasteiger partial charge is 0.416 e. The molecule has 0 fully saturated rings. The highest BCUT2D eigenvalue weighted by molar-refractivity contribution is 5.73. The number of aromatic nitrogens is 3. The molecule has 0 saturated carbocycles. The Labute approximate surface area is 145 Å². The fourth-order valence-electron chi connectivity index (χ4n) is 2.50. The first-order chi connectivity index (χ1) is 12.4. The van der Waals surface area contributed by atoms with Crippen LogP contribution in [0.25, 0.3) is 11.4 Å². The van der Waals surface area contributed by atoms with Gasteiger partial charge in [-0.1, -0.05) is 0 Å². The van der Waals surface area contributed by atoms with E-state index >= 15 is 0 Å². The number of ether oxygens (including phenoxy) is 2. The molecule has 10 heteroatoms. The molecule has 1 aromatic heterocycles. The van der Waals surface area contributed by atoms with Crippen LogP contribution in [-0.4, -0.2) is 22.0 Å². The summed E-state index contributed by atoms with van der Waals surface area (Å²) in [6.07, 6.45) is -4.46. The molecule has 0 aliphatic carbocycles. The van der Waals surface area contributed by atoms with Gasteiger partial charge in [-0.2, -0.15) is 18.2 Å². The average Bonchev–Trinajstić information content (AvgIpc) is 3.22. The maximum absolute atomic E-state index is 12.7. The van der Waals surface area contributed by atoms with Gasteiger partial charge in [0.25, 0.3) is 0 Å². The molecule has 134 valence electrons. The van der Waals surface area contributed by atoms with Gasteiger partial charge >= 0.3 is 6.18 Å². The average molecular weight is 363 g/mol. The summed E-state index contributed by atoms with van der Waals surface area (Å²) < 4.78 is 48.7. The quantitative estimate of drug-likeness (QED) is 0.616. The Morgan fingerprint density at radius 3 is 2.65 bits per heavy atom. The molecule has 2 aromatic carbocycles. The number of nitrogens with two attached hydrogens (primary N) is 1. The molecule has 3 aromatic rings. The summed E-state index contributed by atoms with van der Waals surface area (Å²) in [6.45, 7) is 0.163. The molecule has 0 atom stereocenters. The summed E-state index contributed by atoms with van der Waals surface area (Å²) in [6, 6.07) is 8.29. The number of hydrogen-bond acceptors (Lipinski definition) is 6. The van der Waals surface area contributed by atoms with Gasteiger partial charge < -0.3 is 20.5 Å². The number of aromatic amines is 1. The number of fused-ring (bicyclic) bond motifs is 1. The highest BCUT2D eigenvalue weighted by Gasteiger charge is 2.31. The molecular weight excluding hydrogens is 351 g/mol. The number of H-pyrrole nitrogens is 1. The number of nitrogens with one attached hydrogen (secondary N) is 2. The standard InChI is InChI=1S/C16H12F3N5O2/c17-16(18,19)8-1-3-10(11(20)5-8)14-22-15(24-23-14)21-9-2-4-12-13(6-9)26-7-25-12/h1-6H,7,20H2,(H2,21,22,23,24). The van der Waals surface area contributed by atoms with Gasteiger partial charge in [0.2, 0.25) is 12.7 Å². The van der Waals surface area contributed by atoms with Crippen molar-refractivity contribution in [3.63, 3.8) is 0 Å². The van der Waals surface area contributed by atoms with Crippen LogP contribution in [0, 0.1) is 0 Å². The molecule has 1 aliphatic rings. The maximum Gasteiger partial charge on any atom is 0.416 e. The summed E-state index contributed by atoms with van der Waals surface area (Å²) in [5.41, 5.74) is 5.85. The van der Waals surface area contributed by atoms with Gasteiger partial charge in [0.05, 0.1) is 5.56 Å². The number of nitrogen functional groups attached to an aromatic ring is 1. The number of rotatable bonds is 3. The van der Waals surface area contributed by atoms with Gasteiger partial charge in [0.15, 0.2) is 17.3 Å². The van der Waals surface area contributed by atoms with Gasteiger partial charge in [0.1, 0.15) is 0 Å². The van der Waals surface area contributed by atoms with E-state index in [1.165, 1.54) is 6.07 Å². The van der Waals surface area contributed by atoms with Crippen molar-refractivity contribution in [2.45, 2.75) is 6.18 Å². The molecule has 26 heavy (non-hydrogen) atoms. The molecule has 1 aliphatic heterocycles. The van der Waals surface area contributed by atoms with Crippen LogP contribution >= 0.6 is 0 Å². The number of benzene rings is 2. The second-order valence-corrected chi connectivity index (χ2v) is 5.50. The van der Waals surface area contributed by atoms with Gasteiger partial charge in [-0.3, -0.25) is 5.10 Å². The van der Waals surface area contributed by atoms with Crippen molar-refractivity contribution in [2.75, 3.05) is 17.8 Å². The zero-order valence-corrected chi connectivity index (χ0v) is 13.1. The summed E-state index contributed by atoms with van der Waals surface area (Å²) in [7, 11) is 0. The Kier molecular flexibility index (Phi) is 3.60. The summed E-state index contributed by atoms with van der Waals surface area (Å²) in [4.78, 5) is 4.21. The summed E-state index contributed by atoms with van der Waals surface area (Å²) in [5.74, 6) is 1.72. The van der Waals surface area contributed by atoms with E-state index in [0.29, 0.717) is 22.7 Å². The zero-order chi connectivity index (χ0) is 18.3. The monoisotopic (exact) mass is 363 g/mol. The Bertz CT molecular complexity index is 971. The fourth-order valence-corrected chi connectivity index (χ4v) is 2.50. The van der Waals surface area contributed by atoms with Crippen molar-refractivity contribution in [1.29, 1.82) is 0 Å². The highest BCUT2D eigenvalue weighted by atomic mass is 19.4. The number of hydrogen-bond donors (Lipinski definition) is 3. The molecule has 0 bridgehead atoms. The minimum Gasteiger partial charge on any atom is -0.454 e. The number of halogens is 3. The van der Waals surface area contributed by atoms with Crippen LogP contribution in [0.4, 0.5) is 30.5 Å². The maximum atomic E-state index is 12.7. The second kappa shape index (κ2) is 5.83. The van der Waals surface area contributed by atoms with Crippen molar-refractivity contribution in [2.24, 2.45) is 0 Å². The van der Waals surface area contributed by atoms with Gasteiger partial charge in [-0.05, 0) is 30.3 Å². The number of nitrogens with zero attached hydrogens (tertiary/aromatic N) is 2. The third-order valence-electron chi connectivity index (χ3n) is 3.75. The van der Waals surface area contributed by atoms with Crippen LogP contribution in [0.3, 0.4) is 0 Å². The molecule has 0 amide bonds. The molecule has 0 unspecified atom stereocenters. The number of alkyl halides is 3. The Morgan fingerprint density at radius 2 is 1.88 bits per heavy atom. The lowest BCUT2D eigenvalue weighted by Gasteiger charge is -2.09. The Balaban J connectivity index is 1.56. The van der Waals surface area contributed by atoms with Gasteiger partial charge in [0, 0.05) is 23.0 Å². The molecule has 0 saturated heterocycles. The lowest BCUT2D eigenvalue weighted by molar-refractivity contribution is -0.137. The molecule has 4 rings (SSSR count). The van der Waals surface area contributed by atoms with E-state index in [1.807, 2.05) is 0 Å². The highest BCUT2D eigenvalue weighted by Crippen LogP contribution is 2.36. The van der Waals surface area contributed by atoms with Crippen molar-refractivity contribution >= 4 is 17.3 Å². The van der Waals surface area contributed by atoms with Crippen LogP contribution < -0.4 is 20.5 Å². The van der Waals surface area contributed by atoms with E-state index in [2.05, 4.69) is 20.5 Å². The zero-order valence-electron chi connectivity index (χ0n) is 13.1. The summed E-state index contributed by atoms with van der Waals surface area (Å²) >= 11 is 0. The first-order valence-corrected chi connectivity index (χ1v) is 7.46.